The quantitative estimate of drug-likeness (QED) is 0.837. The molecule has 1 saturated carbocycles. The molecule has 0 bridgehead atoms. The smallest absolute Gasteiger partial charge is 0.252 e. The second-order valence-corrected chi connectivity index (χ2v) is 6.95. The second kappa shape index (κ2) is 6.53. The van der Waals surface area contributed by atoms with Gasteiger partial charge in [0.15, 0.2) is 0 Å². The Morgan fingerprint density at radius 3 is 2.74 bits per heavy atom. The van der Waals surface area contributed by atoms with E-state index < -0.39 is 0 Å². The summed E-state index contributed by atoms with van der Waals surface area (Å²) in [6.45, 7) is 4.19. The summed E-state index contributed by atoms with van der Waals surface area (Å²) < 4.78 is 0. The number of carbonyl (C=O) groups is 1. The standard InChI is InChI=1S/C15H23NO2S/c1-10-8-13(11(2)19-10)15(18)16-14-7-5-3-4-6-12(14)9-17/h8,12,14,17H,3-7,9H2,1-2H3,(H,16,18). The van der Waals surface area contributed by atoms with Gasteiger partial charge in [-0.15, -0.1) is 11.3 Å². The van der Waals surface area contributed by atoms with Crippen LogP contribution in [0, 0.1) is 19.8 Å². The first-order valence-electron chi connectivity index (χ1n) is 7.10. The molecule has 0 aromatic carbocycles. The fraction of sp³-hybridized carbons (Fsp3) is 0.667. The third-order valence-electron chi connectivity index (χ3n) is 4.00. The Morgan fingerprint density at radius 1 is 1.37 bits per heavy atom. The van der Waals surface area contributed by atoms with Gasteiger partial charge in [-0.3, -0.25) is 4.79 Å². The van der Waals surface area contributed by atoms with Crippen molar-refractivity contribution in [2.75, 3.05) is 6.61 Å². The molecule has 2 unspecified atom stereocenters. The number of hydrogen-bond acceptors (Lipinski definition) is 3. The summed E-state index contributed by atoms with van der Waals surface area (Å²) in [4.78, 5) is 14.6. The van der Waals surface area contributed by atoms with Gasteiger partial charge in [-0.05, 0) is 32.8 Å². The number of thiophene rings is 1. The average Bonchev–Trinajstić information content (AvgIpc) is 2.60. The molecule has 2 atom stereocenters. The number of nitrogens with one attached hydrogen (secondary N) is 1. The zero-order valence-corrected chi connectivity index (χ0v) is 12.6. The minimum absolute atomic E-state index is 0.0206. The normalized spacial score (nSPS) is 23.9. The summed E-state index contributed by atoms with van der Waals surface area (Å²) >= 11 is 1.66. The molecular weight excluding hydrogens is 258 g/mol. The largest absolute Gasteiger partial charge is 0.396 e. The SMILES string of the molecule is Cc1cc(C(=O)NC2CCCCCC2CO)c(C)s1. The zero-order chi connectivity index (χ0) is 13.8. The van der Waals surface area contributed by atoms with Gasteiger partial charge >= 0.3 is 0 Å². The predicted molar refractivity (Wildman–Crippen MR) is 78.7 cm³/mol. The van der Waals surface area contributed by atoms with Crippen LogP contribution in [0.5, 0.6) is 0 Å². The summed E-state index contributed by atoms with van der Waals surface area (Å²) in [5.41, 5.74) is 0.795. The topological polar surface area (TPSA) is 49.3 Å². The van der Waals surface area contributed by atoms with Crippen LogP contribution in [0.2, 0.25) is 0 Å². The molecule has 4 heteroatoms. The van der Waals surface area contributed by atoms with Crippen molar-refractivity contribution < 1.29 is 9.90 Å². The first kappa shape index (κ1) is 14.5. The fourth-order valence-electron chi connectivity index (χ4n) is 2.90. The highest BCUT2D eigenvalue weighted by Gasteiger charge is 2.25. The Labute approximate surface area is 119 Å². The maximum Gasteiger partial charge on any atom is 0.252 e. The van der Waals surface area contributed by atoms with E-state index in [-0.39, 0.29) is 24.5 Å². The van der Waals surface area contributed by atoms with Crippen molar-refractivity contribution in [3.05, 3.63) is 21.4 Å². The lowest BCUT2D eigenvalue weighted by Gasteiger charge is -2.24. The molecule has 1 heterocycles. The van der Waals surface area contributed by atoms with Crippen LogP contribution in [-0.4, -0.2) is 23.7 Å². The van der Waals surface area contributed by atoms with Crippen molar-refractivity contribution in [2.24, 2.45) is 5.92 Å². The molecule has 106 valence electrons. The molecule has 3 nitrogen and oxygen atoms in total. The lowest BCUT2D eigenvalue weighted by molar-refractivity contribution is 0.0899. The highest BCUT2D eigenvalue weighted by atomic mass is 32.1. The molecule has 19 heavy (non-hydrogen) atoms. The van der Waals surface area contributed by atoms with E-state index in [0.29, 0.717) is 0 Å². The monoisotopic (exact) mass is 281 g/mol. The van der Waals surface area contributed by atoms with E-state index in [0.717, 1.165) is 36.1 Å². The predicted octanol–water partition coefficient (Wildman–Crippen LogP) is 3.04. The van der Waals surface area contributed by atoms with Crippen LogP contribution in [0.4, 0.5) is 0 Å². The first-order valence-corrected chi connectivity index (χ1v) is 7.92. The number of aliphatic hydroxyl groups is 1. The Kier molecular flexibility index (Phi) is 4.99. The van der Waals surface area contributed by atoms with Crippen molar-refractivity contribution in [1.29, 1.82) is 0 Å². The van der Waals surface area contributed by atoms with Crippen molar-refractivity contribution >= 4 is 17.2 Å². The summed E-state index contributed by atoms with van der Waals surface area (Å²) in [5, 5.41) is 12.6. The Balaban J connectivity index is 2.06. The number of carbonyl (C=O) groups excluding carboxylic acids is 1. The molecule has 0 spiro atoms. The van der Waals surface area contributed by atoms with Crippen LogP contribution in [0.15, 0.2) is 6.07 Å². The molecule has 1 aliphatic rings. The number of amides is 1. The maximum atomic E-state index is 12.3. The van der Waals surface area contributed by atoms with Crippen LogP contribution in [-0.2, 0) is 0 Å². The lowest BCUT2D eigenvalue weighted by Crippen LogP contribution is -2.41. The Hall–Kier alpha value is -0.870. The zero-order valence-electron chi connectivity index (χ0n) is 11.7. The van der Waals surface area contributed by atoms with Crippen molar-refractivity contribution in [3.8, 4) is 0 Å². The van der Waals surface area contributed by atoms with Gasteiger partial charge in [0.05, 0.1) is 5.56 Å². The summed E-state index contributed by atoms with van der Waals surface area (Å²) in [6.07, 6.45) is 5.51. The minimum Gasteiger partial charge on any atom is -0.396 e. The van der Waals surface area contributed by atoms with E-state index in [2.05, 4.69) is 5.32 Å². The lowest BCUT2D eigenvalue weighted by atomic mass is 9.95. The average molecular weight is 281 g/mol. The van der Waals surface area contributed by atoms with E-state index in [1.54, 1.807) is 11.3 Å². The molecule has 0 aliphatic heterocycles. The number of aliphatic hydroxyl groups excluding tert-OH is 1. The molecule has 2 N–H and O–H groups in total. The fourth-order valence-corrected chi connectivity index (χ4v) is 3.82. The first-order chi connectivity index (χ1) is 9.11. The third kappa shape index (κ3) is 3.57. The molecule has 0 radical (unpaired) electrons. The van der Waals surface area contributed by atoms with Crippen LogP contribution < -0.4 is 5.32 Å². The van der Waals surface area contributed by atoms with E-state index >= 15 is 0 Å². The molecule has 1 aliphatic carbocycles. The van der Waals surface area contributed by atoms with Crippen LogP contribution in [0.25, 0.3) is 0 Å². The van der Waals surface area contributed by atoms with E-state index in [9.17, 15) is 9.90 Å². The van der Waals surface area contributed by atoms with Gasteiger partial charge in [-0.2, -0.15) is 0 Å². The van der Waals surface area contributed by atoms with Crippen molar-refractivity contribution in [2.45, 2.75) is 52.0 Å². The van der Waals surface area contributed by atoms with Crippen LogP contribution in [0.3, 0.4) is 0 Å². The molecule has 1 amide bonds. The maximum absolute atomic E-state index is 12.3. The molecule has 2 rings (SSSR count). The summed E-state index contributed by atoms with van der Waals surface area (Å²) in [6, 6.07) is 2.08. The van der Waals surface area contributed by atoms with Crippen molar-refractivity contribution in [3.63, 3.8) is 0 Å². The molecule has 1 aromatic rings. The second-order valence-electron chi connectivity index (χ2n) is 5.49. The van der Waals surface area contributed by atoms with Gasteiger partial charge in [0, 0.05) is 28.3 Å². The molecular formula is C15H23NO2S. The van der Waals surface area contributed by atoms with Crippen LogP contribution >= 0.6 is 11.3 Å². The number of aryl methyl sites for hydroxylation is 2. The van der Waals surface area contributed by atoms with E-state index in [4.69, 9.17) is 0 Å². The Morgan fingerprint density at radius 2 is 2.11 bits per heavy atom. The van der Waals surface area contributed by atoms with Gasteiger partial charge in [0.1, 0.15) is 0 Å². The van der Waals surface area contributed by atoms with Gasteiger partial charge in [0.2, 0.25) is 0 Å². The van der Waals surface area contributed by atoms with Crippen LogP contribution in [0.1, 0.15) is 52.2 Å². The molecule has 1 fully saturated rings. The third-order valence-corrected chi connectivity index (χ3v) is 4.96. The number of hydrogen-bond donors (Lipinski definition) is 2. The van der Waals surface area contributed by atoms with Crippen molar-refractivity contribution in [1.82, 2.24) is 5.32 Å². The van der Waals surface area contributed by atoms with E-state index in [1.807, 2.05) is 19.9 Å². The molecule has 1 aromatic heterocycles. The summed E-state index contributed by atoms with van der Waals surface area (Å²) in [7, 11) is 0. The van der Waals surface area contributed by atoms with Gasteiger partial charge < -0.3 is 10.4 Å². The van der Waals surface area contributed by atoms with Gasteiger partial charge in [0.25, 0.3) is 5.91 Å². The van der Waals surface area contributed by atoms with Gasteiger partial charge in [-0.25, -0.2) is 0 Å². The molecule has 0 saturated heterocycles. The highest BCUT2D eigenvalue weighted by molar-refractivity contribution is 7.12. The minimum atomic E-state index is 0.0206. The highest BCUT2D eigenvalue weighted by Crippen LogP contribution is 2.25. The summed E-state index contributed by atoms with van der Waals surface area (Å²) in [5.74, 6) is 0.235. The Bertz CT molecular complexity index is 441. The van der Waals surface area contributed by atoms with Gasteiger partial charge in [-0.1, -0.05) is 19.3 Å². The van der Waals surface area contributed by atoms with E-state index in [1.165, 1.54) is 11.3 Å². The number of rotatable bonds is 3.